The molecule has 82 valence electrons. The third kappa shape index (κ3) is 2.35. The van der Waals surface area contributed by atoms with Crippen molar-refractivity contribution < 1.29 is 9.90 Å². The lowest BCUT2D eigenvalue weighted by Gasteiger charge is -2.24. The largest absolute Gasteiger partial charge is 0.392 e. The molecule has 0 aromatic carbocycles. The predicted molar refractivity (Wildman–Crippen MR) is 62.9 cm³/mol. The van der Waals surface area contributed by atoms with Crippen LogP contribution in [0.4, 0.5) is 0 Å². The first-order chi connectivity index (χ1) is 7.18. The SMILES string of the molecule is C[C@H](O)CN1C(=O)CS[C@@H]1c1ccsc1. The van der Waals surface area contributed by atoms with E-state index >= 15 is 0 Å². The van der Waals surface area contributed by atoms with Gasteiger partial charge in [-0.25, -0.2) is 0 Å². The van der Waals surface area contributed by atoms with Crippen molar-refractivity contribution in [2.45, 2.75) is 18.4 Å². The van der Waals surface area contributed by atoms with Crippen molar-refractivity contribution in [1.82, 2.24) is 4.90 Å². The number of aliphatic hydroxyl groups is 1. The number of hydrogen-bond donors (Lipinski definition) is 1. The number of carbonyl (C=O) groups excluding carboxylic acids is 1. The zero-order chi connectivity index (χ0) is 10.8. The highest BCUT2D eigenvalue weighted by Crippen LogP contribution is 2.39. The Morgan fingerprint density at radius 1 is 1.73 bits per heavy atom. The molecule has 2 heterocycles. The standard InChI is InChI=1S/C10H13NO2S2/c1-7(12)4-11-9(13)6-15-10(11)8-2-3-14-5-8/h2-3,5,7,10,12H,4,6H2,1H3/t7-,10+/m0/s1. The van der Waals surface area contributed by atoms with Gasteiger partial charge in [-0.2, -0.15) is 11.3 Å². The normalized spacial score (nSPS) is 23.5. The first-order valence-electron chi connectivity index (χ1n) is 4.79. The van der Waals surface area contributed by atoms with Crippen LogP contribution in [0.5, 0.6) is 0 Å². The summed E-state index contributed by atoms with van der Waals surface area (Å²) in [5, 5.41) is 13.5. The molecule has 1 aliphatic rings. The molecule has 2 rings (SSSR count). The lowest BCUT2D eigenvalue weighted by atomic mass is 10.2. The summed E-state index contributed by atoms with van der Waals surface area (Å²) in [5.41, 5.74) is 1.16. The average molecular weight is 243 g/mol. The molecule has 1 fully saturated rings. The van der Waals surface area contributed by atoms with Crippen molar-refractivity contribution >= 4 is 29.0 Å². The second-order valence-electron chi connectivity index (χ2n) is 3.62. The highest BCUT2D eigenvalue weighted by atomic mass is 32.2. The number of nitrogens with zero attached hydrogens (tertiary/aromatic N) is 1. The van der Waals surface area contributed by atoms with E-state index in [4.69, 9.17) is 0 Å². The molecule has 0 saturated carbocycles. The second kappa shape index (κ2) is 4.55. The second-order valence-corrected chi connectivity index (χ2v) is 5.46. The van der Waals surface area contributed by atoms with Gasteiger partial charge in [-0.05, 0) is 29.3 Å². The number of hydrogen-bond acceptors (Lipinski definition) is 4. The molecule has 3 nitrogen and oxygen atoms in total. The minimum absolute atomic E-state index is 0.0957. The van der Waals surface area contributed by atoms with Gasteiger partial charge in [-0.15, -0.1) is 11.8 Å². The van der Waals surface area contributed by atoms with E-state index in [1.165, 1.54) is 0 Å². The van der Waals surface area contributed by atoms with E-state index < -0.39 is 6.10 Å². The number of carbonyl (C=O) groups is 1. The molecule has 15 heavy (non-hydrogen) atoms. The summed E-state index contributed by atoms with van der Waals surface area (Å²) >= 11 is 3.27. The number of amides is 1. The van der Waals surface area contributed by atoms with Crippen LogP contribution in [0, 0.1) is 0 Å². The lowest BCUT2D eigenvalue weighted by Crippen LogP contribution is -2.34. The van der Waals surface area contributed by atoms with Crippen molar-refractivity contribution in [2.75, 3.05) is 12.3 Å². The van der Waals surface area contributed by atoms with E-state index in [1.54, 1.807) is 34.9 Å². The van der Waals surface area contributed by atoms with Crippen LogP contribution in [0.1, 0.15) is 17.9 Å². The molecule has 0 aliphatic carbocycles. The number of thioether (sulfide) groups is 1. The topological polar surface area (TPSA) is 40.5 Å². The van der Waals surface area contributed by atoms with Crippen LogP contribution in [0.25, 0.3) is 0 Å². The Bertz CT molecular complexity index is 337. The molecule has 0 unspecified atom stereocenters. The van der Waals surface area contributed by atoms with E-state index in [0.717, 1.165) is 5.56 Å². The van der Waals surface area contributed by atoms with Crippen LogP contribution in [0.2, 0.25) is 0 Å². The van der Waals surface area contributed by atoms with Crippen LogP contribution < -0.4 is 0 Å². The Balaban J connectivity index is 2.14. The van der Waals surface area contributed by atoms with Gasteiger partial charge < -0.3 is 10.0 Å². The fourth-order valence-corrected chi connectivity index (χ4v) is 3.58. The van der Waals surface area contributed by atoms with Gasteiger partial charge in [0.2, 0.25) is 5.91 Å². The van der Waals surface area contributed by atoms with Crippen molar-refractivity contribution in [3.63, 3.8) is 0 Å². The van der Waals surface area contributed by atoms with Gasteiger partial charge in [0.1, 0.15) is 5.37 Å². The zero-order valence-corrected chi connectivity index (χ0v) is 10.1. The summed E-state index contributed by atoms with van der Waals surface area (Å²) in [4.78, 5) is 13.4. The monoisotopic (exact) mass is 243 g/mol. The summed E-state index contributed by atoms with van der Waals surface area (Å²) in [6.07, 6.45) is -0.464. The summed E-state index contributed by atoms with van der Waals surface area (Å²) in [6.45, 7) is 2.13. The van der Waals surface area contributed by atoms with Gasteiger partial charge in [-0.1, -0.05) is 0 Å². The molecule has 5 heteroatoms. The first kappa shape index (κ1) is 11.0. The van der Waals surface area contributed by atoms with E-state index in [9.17, 15) is 9.90 Å². The Morgan fingerprint density at radius 2 is 2.53 bits per heavy atom. The van der Waals surface area contributed by atoms with Crippen molar-refractivity contribution in [1.29, 1.82) is 0 Å². The smallest absolute Gasteiger partial charge is 0.233 e. The fourth-order valence-electron chi connectivity index (χ4n) is 1.63. The molecule has 1 aliphatic heterocycles. The maximum atomic E-state index is 11.6. The van der Waals surface area contributed by atoms with Crippen LogP contribution >= 0.6 is 23.1 Å². The number of β-amino-alcohol motifs (C(OH)–C–C–N with tert-alkyl or cyclic N) is 1. The maximum Gasteiger partial charge on any atom is 0.233 e. The van der Waals surface area contributed by atoms with Crippen molar-refractivity contribution in [3.8, 4) is 0 Å². The highest BCUT2D eigenvalue weighted by Gasteiger charge is 2.33. The number of thiophene rings is 1. The summed E-state index contributed by atoms with van der Waals surface area (Å²) < 4.78 is 0. The molecule has 0 spiro atoms. The molecule has 1 aromatic heterocycles. The third-order valence-electron chi connectivity index (χ3n) is 2.26. The Kier molecular flexibility index (Phi) is 3.33. The molecule has 2 atom stereocenters. The number of aliphatic hydroxyl groups excluding tert-OH is 1. The lowest BCUT2D eigenvalue weighted by molar-refractivity contribution is -0.129. The van der Waals surface area contributed by atoms with Gasteiger partial charge in [0.05, 0.1) is 11.9 Å². The van der Waals surface area contributed by atoms with Crippen LogP contribution in [-0.4, -0.2) is 34.3 Å². The Morgan fingerprint density at radius 3 is 3.13 bits per heavy atom. The van der Waals surface area contributed by atoms with E-state index in [2.05, 4.69) is 5.38 Å². The van der Waals surface area contributed by atoms with Gasteiger partial charge in [0.25, 0.3) is 0 Å². The molecule has 0 bridgehead atoms. The zero-order valence-electron chi connectivity index (χ0n) is 8.42. The Hall–Kier alpha value is -0.520. The van der Waals surface area contributed by atoms with E-state index in [-0.39, 0.29) is 11.3 Å². The van der Waals surface area contributed by atoms with Gasteiger partial charge in [-0.3, -0.25) is 4.79 Å². The predicted octanol–water partition coefficient (Wildman–Crippen LogP) is 1.70. The summed E-state index contributed by atoms with van der Waals surface area (Å²) in [7, 11) is 0. The van der Waals surface area contributed by atoms with Gasteiger partial charge in [0, 0.05) is 6.54 Å². The first-order valence-corrected chi connectivity index (χ1v) is 6.79. The van der Waals surface area contributed by atoms with Crippen LogP contribution in [0.3, 0.4) is 0 Å². The molecule has 1 N–H and O–H groups in total. The quantitative estimate of drug-likeness (QED) is 0.878. The fraction of sp³-hybridized carbons (Fsp3) is 0.500. The highest BCUT2D eigenvalue weighted by molar-refractivity contribution is 8.00. The molecular weight excluding hydrogens is 230 g/mol. The molecule has 0 radical (unpaired) electrons. The molecular formula is C10H13NO2S2. The minimum Gasteiger partial charge on any atom is -0.392 e. The number of rotatable bonds is 3. The average Bonchev–Trinajstić information content (AvgIpc) is 2.76. The van der Waals surface area contributed by atoms with Crippen LogP contribution in [-0.2, 0) is 4.79 Å². The minimum atomic E-state index is -0.464. The van der Waals surface area contributed by atoms with Crippen molar-refractivity contribution in [2.24, 2.45) is 0 Å². The molecule has 1 aromatic rings. The summed E-state index contributed by atoms with van der Waals surface area (Å²) in [6, 6.07) is 2.04. The van der Waals surface area contributed by atoms with Crippen LogP contribution in [0.15, 0.2) is 16.8 Å². The van der Waals surface area contributed by atoms with Gasteiger partial charge >= 0.3 is 0 Å². The molecule has 1 saturated heterocycles. The van der Waals surface area contributed by atoms with E-state index in [1.807, 2.05) is 11.4 Å². The molecule has 1 amide bonds. The Labute approximate surface area is 97.1 Å². The van der Waals surface area contributed by atoms with Crippen molar-refractivity contribution in [3.05, 3.63) is 22.4 Å². The summed E-state index contributed by atoms with van der Waals surface area (Å²) in [5.74, 6) is 0.643. The third-order valence-corrected chi connectivity index (χ3v) is 4.21. The van der Waals surface area contributed by atoms with E-state index in [0.29, 0.717) is 12.3 Å². The maximum absolute atomic E-state index is 11.6. The van der Waals surface area contributed by atoms with Gasteiger partial charge in [0.15, 0.2) is 0 Å².